The van der Waals surface area contributed by atoms with Gasteiger partial charge in [0, 0.05) is 38.7 Å². The Bertz CT molecular complexity index is 517. The molecule has 0 radical (unpaired) electrons. The SMILES string of the molecule is COc1ccc(CNC(=O)[C@H]2C[C@H](O)CN2C(C)=O)cn1. The van der Waals surface area contributed by atoms with Gasteiger partial charge in [-0.2, -0.15) is 0 Å². The van der Waals surface area contributed by atoms with Crippen LogP contribution in [0.3, 0.4) is 0 Å². The van der Waals surface area contributed by atoms with E-state index in [-0.39, 0.29) is 24.8 Å². The maximum Gasteiger partial charge on any atom is 0.243 e. The molecule has 7 nitrogen and oxygen atoms in total. The molecule has 0 bridgehead atoms. The summed E-state index contributed by atoms with van der Waals surface area (Å²) in [6, 6.07) is 2.91. The van der Waals surface area contributed by atoms with Crippen LogP contribution >= 0.6 is 0 Å². The molecule has 0 aliphatic carbocycles. The molecule has 0 saturated carbocycles. The Hall–Kier alpha value is -2.15. The molecule has 2 atom stereocenters. The van der Waals surface area contributed by atoms with Gasteiger partial charge in [0.25, 0.3) is 0 Å². The van der Waals surface area contributed by atoms with Gasteiger partial charge in [-0.3, -0.25) is 9.59 Å². The van der Waals surface area contributed by atoms with Crippen molar-refractivity contribution in [1.29, 1.82) is 0 Å². The predicted molar refractivity (Wildman–Crippen MR) is 74.4 cm³/mol. The number of pyridine rings is 1. The van der Waals surface area contributed by atoms with Crippen molar-refractivity contribution in [2.75, 3.05) is 13.7 Å². The van der Waals surface area contributed by atoms with E-state index in [0.29, 0.717) is 12.4 Å². The lowest BCUT2D eigenvalue weighted by atomic mass is 10.2. The summed E-state index contributed by atoms with van der Waals surface area (Å²) < 4.78 is 4.96. The predicted octanol–water partition coefficient (Wildman–Crippen LogP) is -0.312. The number of rotatable bonds is 4. The third-order valence-electron chi connectivity index (χ3n) is 3.46. The van der Waals surface area contributed by atoms with E-state index in [1.54, 1.807) is 18.3 Å². The third kappa shape index (κ3) is 3.69. The number of carbonyl (C=O) groups excluding carboxylic acids is 2. The Labute approximate surface area is 122 Å². The smallest absolute Gasteiger partial charge is 0.243 e. The largest absolute Gasteiger partial charge is 0.481 e. The fourth-order valence-corrected chi connectivity index (χ4v) is 2.35. The van der Waals surface area contributed by atoms with Gasteiger partial charge in [-0.25, -0.2) is 4.98 Å². The van der Waals surface area contributed by atoms with Gasteiger partial charge in [-0.15, -0.1) is 0 Å². The van der Waals surface area contributed by atoms with Gasteiger partial charge in [0.1, 0.15) is 6.04 Å². The molecule has 0 spiro atoms. The van der Waals surface area contributed by atoms with Gasteiger partial charge in [0.05, 0.1) is 13.2 Å². The first-order valence-corrected chi connectivity index (χ1v) is 6.73. The summed E-state index contributed by atoms with van der Waals surface area (Å²) in [5.74, 6) is 0.0297. The van der Waals surface area contributed by atoms with Gasteiger partial charge in [0.2, 0.25) is 17.7 Å². The normalized spacial score (nSPS) is 21.2. The minimum absolute atomic E-state index is 0.206. The molecule has 114 valence electrons. The second-order valence-corrected chi connectivity index (χ2v) is 5.00. The molecule has 1 aliphatic rings. The maximum absolute atomic E-state index is 12.1. The average Bonchev–Trinajstić information content (AvgIpc) is 2.87. The number of carbonyl (C=O) groups is 2. The number of hydrogen-bond acceptors (Lipinski definition) is 5. The zero-order chi connectivity index (χ0) is 15.4. The molecule has 2 rings (SSSR count). The molecule has 21 heavy (non-hydrogen) atoms. The van der Waals surface area contributed by atoms with Crippen molar-refractivity contribution < 1.29 is 19.4 Å². The number of likely N-dealkylation sites (tertiary alicyclic amines) is 1. The molecule has 2 amide bonds. The van der Waals surface area contributed by atoms with E-state index in [4.69, 9.17) is 4.74 Å². The molecule has 0 unspecified atom stereocenters. The highest BCUT2D eigenvalue weighted by Crippen LogP contribution is 2.18. The topological polar surface area (TPSA) is 91.8 Å². The zero-order valence-electron chi connectivity index (χ0n) is 12.1. The first-order chi connectivity index (χ1) is 10.0. The van der Waals surface area contributed by atoms with Crippen LogP contribution in [0.25, 0.3) is 0 Å². The van der Waals surface area contributed by atoms with Crippen molar-refractivity contribution in [3.8, 4) is 5.88 Å². The number of β-amino-alcohol motifs (C(OH)–C–C–N with tert-alkyl or cyclic N) is 1. The van der Waals surface area contributed by atoms with E-state index < -0.39 is 12.1 Å². The fourth-order valence-electron chi connectivity index (χ4n) is 2.35. The van der Waals surface area contributed by atoms with Crippen LogP contribution in [0.15, 0.2) is 18.3 Å². The van der Waals surface area contributed by atoms with Gasteiger partial charge >= 0.3 is 0 Å². The Morgan fingerprint density at radius 2 is 2.29 bits per heavy atom. The molecule has 2 heterocycles. The van der Waals surface area contributed by atoms with Crippen LogP contribution in [0, 0.1) is 0 Å². The lowest BCUT2D eigenvalue weighted by Gasteiger charge is -2.22. The highest BCUT2D eigenvalue weighted by molar-refractivity contribution is 5.87. The number of nitrogens with one attached hydrogen (secondary N) is 1. The van der Waals surface area contributed by atoms with Gasteiger partial charge in [-0.1, -0.05) is 6.07 Å². The maximum atomic E-state index is 12.1. The van der Waals surface area contributed by atoms with E-state index in [9.17, 15) is 14.7 Å². The first-order valence-electron chi connectivity index (χ1n) is 6.73. The highest BCUT2D eigenvalue weighted by Gasteiger charge is 2.37. The summed E-state index contributed by atoms with van der Waals surface area (Å²) in [7, 11) is 1.53. The van der Waals surface area contributed by atoms with Crippen LogP contribution in [0.5, 0.6) is 5.88 Å². The molecule has 1 fully saturated rings. The van der Waals surface area contributed by atoms with E-state index in [0.717, 1.165) is 5.56 Å². The number of nitrogens with zero attached hydrogens (tertiary/aromatic N) is 2. The molecular weight excluding hydrogens is 274 g/mol. The standard InChI is InChI=1S/C14H19N3O4/c1-9(18)17-8-11(19)5-12(17)14(20)16-7-10-3-4-13(21-2)15-6-10/h3-4,6,11-12,19H,5,7-8H2,1-2H3,(H,16,20)/t11-,12+/m0/s1. The van der Waals surface area contributed by atoms with Crippen molar-refractivity contribution >= 4 is 11.8 Å². The first kappa shape index (κ1) is 15.2. The minimum atomic E-state index is -0.646. The fraction of sp³-hybridized carbons (Fsp3) is 0.500. The summed E-state index contributed by atoms with van der Waals surface area (Å²) in [5, 5.41) is 12.4. The van der Waals surface area contributed by atoms with Crippen LogP contribution in [0.2, 0.25) is 0 Å². The van der Waals surface area contributed by atoms with Crippen molar-refractivity contribution in [1.82, 2.24) is 15.2 Å². The Balaban J connectivity index is 1.92. The minimum Gasteiger partial charge on any atom is -0.481 e. The number of methoxy groups -OCH3 is 1. The van der Waals surface area contributed by atoms with Crippen LogP contribution in [0.1, 0.15) is 18.9 Å². The Morgan fingerprint density at radius 3 is 2.86 bits per heavy atom. The van der Waals surface area contributed by atoms with Crippen LogP contribution in [-0.4, -0.2) is 52.6 Å². The van der Waals surface area contributed by atoms with E-state index >= 15 is 0 Å². The number of aliphatic hydroxyl groups excluding tert-OH is 1. The Morgan fingerprint density at radius 1 is 1.52 bits per heavy atom. The number of aliphatic hydroxyl groups is 1. The number of hydrogen-bond donors (Lipinski definition) is 2. The molecule has 1 saturated heterocycles. The van der Waals surface area contributed by atoms with E-state index in [1.807, 2.05) is 0 Å². The zero-order valence-corrected chi connectivity index (χ0v) is 12.1. The lowest BCUT2D eigenvalue weighted by molar-refractivity contribution is -0.137. The summed E-state index contributed by atoms with van der Waals surface area (Å²) in [6.45, 7) is 1.91. The number of amides is 2. The number of aromatic nitrogens is 1. The van der Waals surface area contributed by atoms with Gasteiger partial charge in [0.15, 0.2) is 0 Å². The van der Waals surface area contributed by atoms with Crippen LogP contribution in [0.4, 0.5) is 0 Å². The average molecular weight is 293 g/mol. The molecule has 1 aromatic heterocycles. The monoisotopic (exact) mass is 293 g/mol. The van der Waals surface area contributed by atoms with Crippen molar-refractivity contribution in [3.05, 3.63) is 23.9 Å². The van der Waals surface area contributed by atoms with Crippen LogP contribution in [-0.2, 0) is 16.1 Å². The molecule has 1 aromatic rings. The van der Waals surface area contributed by atoms with Crippen molar-refractivity contribution in [3.63, 3.8) is 0 Å². The van der Waals surface area contributed by atoms with Crippen molar-refractivity contribution in [2.24, 2.45) is 0 Å². The van der Waals surface area contributed by atoms with Crippen molar-refractivity contribution in [2.45, 2.75) is 32.0 Å². The third-order valence-corrected chi connectivity index (χ3v) is 3.46. The lowest BCUT2D eigenvalue weighted by Crippen LogP contribution is -2.44. The molecule has 2 N–H and O–H groups in total. The van der Waals surface area contributed by atoms with E-state index in [1.165, 1.54) is 18.9 Å². The highest BCUT2D eigenvalue weighted by atomic mass is 16.5. The quantitative estimate of drug-likeness (QED) is 0.794. The van der Waals surface area contributed by atoms with E-state index in [2.05, 4.69) is 10.3 Å². The molecule has 0 aromatic carbocycles. The van der Waals surface area contributed by atoms with Gasteiger partial charge in [-0.05, 0) is 5.56 Å². The summed E-state index contributed by atoms with van der Waals surface area (Å²) >= 11 is 0. The Kier molecular flexibility index (Phi) is 4.74. The van der Waals surface area contributed by atoms with Gasteiger partial charge < -0.3 is 20.1 Å². The second kappa shape index (κ2) is 6.53. The molecule has 1 aliphatic heterocycles. The summed E-state index contributed by atoms with van der Waals surface area (Å²) in [4.78, 5) is 29.0. The molecule has 7 heteroatoms. The number of ether oxygens (including phenoxy) is 1. The summed E-state index contributed by atoms with van der Waals surface area (Å²) in [6.07, 6.45) is 1.24. The summed E-state index contributed by atoms with van der Waals surface area (Å²) in [5.41, 5.74) is 0.831. The molecular formula is C14H19N3O4. The van der Waals surface area contributed by atoms with Crippen LogP contribution < -0.4 is 10.1 Å². The second-order valence-electron chi connectivity index (χ2n) is 5.00.